The molecule has 96 valence electrons. The third-order valence-electron chi connectivity index (χ3n) is 2.09. The summed E-state index contributed by atoms with van der Waals surface area (Å²) in [5, 5.41) is 24.9. The van der Waals surface area contributed by atoms with Crippen molar-refractivity contribution in [1.29, 1.82) is 5.26 Å². The summed E-state index contributed by atoms with van der Waals surface area (Å²) in [6, 6.07) is 4.50. The first-order valence-electron chi connectivity index (χ1n) is 4.87. The van der Waals surface area contributed by atoms with E-state index >= 15 is 0 Å². The summed E-state index contributed by atoms with van der Waals surface area (Å²) in [6.07, 6.45) is 1.32. The van der Waals surface area contributed by atoms with E-state index in [4.69, 9.17) is 16.9 Å². The van der Waals surface area contributed by atoms with E-state index in [1.807, 2.05) is 6.07 Å². The summed E-state index contributed by atoms with van der Waals surface area (Å²) >= 11 is 8.95. The van der Waals surface area contributed by atoms with Crippen molar-refractivity contribution in [3.63, 3.8) is 0 Å². The first-order valence-corrected chi connectivity index (χ1v) is 6.04. The molecule has 0 saturated carbocycles. The van der Waals surface area contributed by atoms with Gasteiger partial charge in [0, 0.05) is 6.20 Å². The molecule has 1 aromatic heterocycles. The quantitative estimate of drug-likeness (QED) is 0.660. The summed E-state index contributed by atoms with van der Waals surface area (Å²) in [4.78, 5) is 0. The van der Waals surface area contributed by atoms with Crippen molar-refractivity contribution in [2.24, 2.45) is 0 Å². The van der Waals surface area contributed by atoms with Gasteiger partial charge in [-0.3, -0.25) is 0 Å². The highest BCUT2D eigenvalue weighted by Gasteiger charge is 2.08. The number of H-pyrrole nitrogens is 1. The van der Waals surface area contributed by atoms with E-state index in [1.54, 1.807) is 0 Å². The molecule has 0 radical (unpaired) electrons. The van der Waals surface area contributed by atoms with Gasteiger partial charge in [0.05, 0.1) is 15.2 Å². The van der Waals surface area contributed by atoms with Gasteiger partial charge >= 0.3 is 0 Å². The Morgan fingerprint density at radius 1 is 1.58 bits per heavy atom. The lowest BCUT2D eigenvalue weighted by atomic mass is 10.3. The number of nitrogens with one attached hydrogen (secondary N) is 2. The minimum Gasteiger partial charge on any atom is -0.359 e. The number of aromatic nitrogens is 4. The van der Waals surface area contributed by atoms with Crippen molar-refractivity contribution in [1.82, 2.24) is 20.6 Å². The summed E-state index contributed by atoms with van der Waals surface area (Å²) in [6.45, 7) is 0. The van der Waals surface area contributed by atoms with Crippen LogP contribution in [-0.2, 0) is 0 Å². The number of nitriles is 1. The van der Waals surface area contributed by atoms with Crippen LogP contribution in [0.1, 0.15) is 5.82 Å². The molecule has 0 atom stereocenters. The molecule has 0 amide bonds. The van der Waals surface area contributed by atoms with Crippen LogP contribution in [0, 0.1) is 17.1 Å². The largest absolute Gasteiger partial charge is 0.359 e. The van der Waals surface area contributed by atoms with E-state index in [2.05, 4.69) is 41.9 Å². The van der Waals surface area contributed by atoms with Crippen LogP contribution >= 0.6 is 27.5 Å². The molecule has 9 heteroatoms. The number of tetrazole rings is 1. The summed E-state index contributed by atoms with van der Waals surface area (Å²) in [5.41, 5.74) is 0.451. The third-order valence-corrected chi connectivity index (χ3v) is 3.01. The molecular formula is C10H5BrClFN6. The molecule has 0 aliphatic rings. The number of benzene rings is 1. The van der Waals surface area contributed by atoms with E-state index in [-0.39, 0.29) is 15.9 Å². The third kappa shape index (κ3) is 3.07. The van der Waals surface area contributed by atoms with Crippen molar-refractivity contribution in [2.75, 3.05) is 5.32 Å². The number of hydrogen-bond donors (Lipinski definition) is 2. The molecule has 0 fully saturated rings. The maximum Gasteiger partial charge on any atom is 0.216 e. The second-order valence-electron chi connectivity index (χ2n) is 3.30. The predicted molar refractivity (Wildman–Crippen MR) is 70.5 cm³/mol. The van der Waals surface area contributed by atoms with Gasteiger partial charge in [-0.2, -0.15) is 10.5 Å². The van der Waals surface area contributed by atoms with E-state index < -0.39 is 5.82 Å². The molecule has 2 N–H and O–H groups in total. The lowest BCUT2D eigenvalue weighted by Crippen LogP contribution is -1.94. The Morgan fingerprint density at radius 2 is 2.37 bits per heavy atom. The number of allylic oxidation sites excluding steroid dienone is 1. The minimum atomic E-state index is -0.474. The fourth-order valence-electron chi connectivity index (χ4n) is 1.21. The van der Waals surface area contributed by atoms with E-state index in [0.717, 1.165) is 0 Å². The Bertz CT molecular complexity index is 663. The van der Waals surface area contributed by atoms with Crippen molar-refractivity contribution in [3.8, 4) is 6.07 Å². The monoisotopic (exact) mass is 342 g/mol. The lowest BCUT2D eigenvalue weighted by Gasteiger charge is -2.05. The van der Waals surface area contributed by atoms with Crippen molar-refractivity contribution in [2.45, 2.75) is 0 Å². The number of aromatic amines is 1. The Morgan fingerprint density at radius 3 is 3.00 bits per heavy atom. The van der Waals surface area contributed by atoms with Crippen molar-refractivity contribution < 1.29 is 4.39 Å². The van der Waals surface area contributed by atoms with Crippen LogP contribution in [0.25, 0.3) is 5.57 Å². The molecule has 0 aliphatic carbocycles. The zero-order valence-corrected chi connectivity index (χ0v) is 11.5. The highest BCUT2D eigenvalue weighted by atomic mass is 79.9. The highest BCUT2D eigenvalue weighted by Crippen LogP contribution is 2.28. The van der Waals surface area contributed by atoms with Gasteiger partial charge in [-0.05, 0) is 33.3 Å². The van der Waals surface area contributed by atoms with Crippen LogP contribution in [-0.4, -0.2) is 20.6 Å². The second-order valence-corrected chi connectivity index (χ2v) is 4.56. The maximum absolute atomic E-state index is 13.4. The molecule has 0 saturated heterocycles. The molecule has 0 unspecified atom stereocenters. The van der Waals surface area contributed by atoms with Crippen molar-refractivity contribution >= 4 is 38.8 Å². The number of halogens is 3. The Hall–Kier alpha value is -1.98. The van der Waals surface area contributed by atoms with Gasteiger partial charge in [0.2, 0.25) is 5.82 Å². The first-order chi connectivity index (χ1) is 9.11. The average molecular weight is 344 g/mol. The number of rotatable bonds is 3. The van der Waals surface area contributed by atoms with Crippen molar-refractivity contribution in [3.05, 3.63) is 39.5 Å². The normalized spacial score (nSPS) is 11.2. The molecule has 1 heterocycles. The average Bonchev–Trinajstić information content (AvgIpc) is 2.90. The van der Waals surface area contributed by atoms with Gasteiger partial charge in [-0.1, -0.05) is 11.6 Å². The molecule has 19 heavy (non-hydrogen) atoms. The van der Waals surface area contributed by atoms with Gasteiger partial charge in [-0.15, -0.1) is 10.2 Å². The Balaban J connectivity index is 2.27. The molecule has 0 aliphatic heterocycles. The van der Waals surface area contributed by atoms with Gasteiger partial charge < -0.3 is 5.32 Å². The number of hydrogen-bond acceptors (Lipinski definition) is 5. The van der Waals surface area contributed by atoms with E-state index in [0.29, 0.717) is 10.7 Å². The molecular weight excluding hydrogens is 339 g/mol. The molecule has 0 bridgehead atoms. The number of nitrogens with zero attached hydrogens (tertiary/aromatic N) is 4. The smallest absolute Gasteiger partial charge is 0.216 e. The molecule has 0 spiro atoms. The fraction of sp³-hybridized carbons (Fsp3) is 0. The first kappa shape index (κ1) is 13.5. The minimum absolute atomic E-state index is 0.128. The van der Waals surface area contributed by atoms with E-state index in [1.165, 1.54) is 18.3 Å². The van der Waals surface area contributed by atoms with Gasteiger partial charge in [0.1, 0.15) is 17.5 Å². The Labute approximate surface area is 120 Å². The summed E-state index contributed by atoms with van der Waals surface area (Å²) in [7, 11) is 0. The van der Waals surface area contributed by atoms with Crippen LogP contribution in [0.2, 0.25) is 5.02 Å². The van der Waals surface area contributed by atoms with Crippen LogP contribution in [0.3, 0.4) is 0 Å². The maximum atomic E-state index is 13.4. The Kier molecular flexibility index (Phi) is 4.09. The molecule has 2 rings (SSSR count). The van der Waals surface area contributed by atoms with Gasteiger partial charge in [0.25, 0.3) is 0 Å². The summed E-state index contributed by atoms with van der Waals surface area (Å²) in [5.74, 6) is -0.345. The standard InChI is InChI=1S/C10H5BrClFN6/c11-6-1-7(12)9(2-8(6)13)15-4-5(3-14)10-16-18-19-17-10/h1-2,4,15H,(H,16,17,18,19). The topological polar surface area (TPSA) is 90.3 Å². The highest BCUT2D eigenvalue weighted by molar-refractivity contribution is 9.10. The van der Waals surface area contributed by atoms with Crippen LogP contribution in [0.15, 0.2) is 22.8 Å². The summed E-state index contributed by atoms with van der Waals surface area (Å²) < 4.78 is 13.6. The van der Waals surface area contributed by atoms with Crippen LogP contribution in [0.5, 0.6) is 0 Å². The fourth-order valence-corrected chi connectivity index (χ4v) is 1.90. The molecule has 1 aromatic carbocycles. The van der Waals surface area contributed by atoms with Gasteiger partial charge in [0.15, 0.2) is 0 Å². The zero-order valence-electron chi connectivity index (χ0n) is 9.15. The lowest BCUT2D eigenvalue weighted by molar-refractivity contribution is 0.622. The van der Waals surface area contributed by atoms with Gasteiger partial charge in [-0.25, -0.2) is 4.39 Å². The van der Waals surface area contributed by atoms with Crippen LogP contribution in [0.4, 0.5) is 10.1 Å². The molecule has 2 aromatic rings. The van der Waals surface area contributed by atoms with Crippen LogP contribution < -0.4 is 5.32 Å². The zero-order chi connectivity index (χ0) is 13.8. The number of anilines is 1. The molecule has 6 nitrogen and oxygen atoms in total. The predicted octanol–water partition coefficient (Wildman–Crippen LogP) is 2.73. The van der Waals surface area contributed by atoms with E-state index in [9.17, 15) is 4.39 Å². The second kappa shape index (κ2) is 5.77. The SMILES string of the molecule is N#CC(=CNc1cc(F)c(Br)cc1Cl)c1nn[nH]n1.